The van der Waals surface area contributed by atoms with E-state index in [2.05, 4.69) is 36.8 Å². The van der Waals surface area contributed by atoms with E-state index < -0.39 is 0 Å². The molecule has 0 spiro atoms. The SMILES string of the molecule is CNC(C)c1nnnn1-c1ccc(Cl)cc1Br. The number of rotatable bonds is 3. The van der Waals surface area contributed by atoms with Crippen molar-refractivity contribution >= 4 is 27.5 Å². The molecule has 1 aromatic carbocycles. The zero-order valence-corrected chi connectivity index (χ0v) is 11.7. The normalized spacial score (nSPS) is 12.7. The molecule has 5 nitrogen and oxygen atoms in total. The van der Waals surface area contributed by atoms with Crippen molar-refractivity contribution < 1.29 is 0 Å². The summed E-state index contributed by atoms with van der Waals surface area (Å²) in [6.07, 6.45) is 0. The lowest BCUT2D eigenvalue weighted by Crippen LogP contribution is -2.18. The van der Waals surface area contributed by atoms with Gasteiger partial charge in [0, 0.05) is 9.50 Å². The van der Waals surface area contributed by atoms with Crippen LogP contribution in [0, 0.1) is 0 Å². The molecule has 0 saturated heterocycles. The zero-order valence-electron chi connectivity index (χ0n) is 9.35. The van der Waals surface area contributed by atoms with Gasteiger partial charge >= 0.3 is 0 Å². The van der Waals surface area contributed by atoms with Gasteiger partial charge in [0.15, 0.2) is 5.82 Å². The Morgan fingerprint density at radius 1 is 1.47 bits per heavy atom. The molecular weight excluding hydrogens is 306 g/mol. The van der Waals surface area contributed by atoms with Crippen molar-refractivity contribution in [2.45, 2.75) is 13.0 Å². The van der Waals surface area contributed by atoms with Crippen molar-refractivity contribution in [2.24, 2.45) is 0 Å². The molecule has 0 aliphatic rings. The summed E-state index contributed by atoms with van der Waals surface area (Å²) in [5, 5.41) is 15.5. The topological polar surface area (TPSA) is 55.6 Å². The van der Waals surface area contributed by atoms with E-state index in [0.717, 1.165) is 16.0 Å². The van der Waals surface area contributed by atoms with E-state index in [1.165, 1.54) is 0 Å². The molecule has 1 atom stereocenters. The molecule has 17 heavy (non-hydrogen) atoms. The summed E-state index contributed by atoms with van der Waals surface area (Å²) in [5.41, 5.74) is 0.858. The van der Waals surface area contributed by atoms with Crippen LogP contribution in [0.5, 0.6) is 0 Å². The largest absolute Gasteiger partial charge is 0.311 e. The van der Waals surface area contributed by atoms with Crippen LogP contribution in [0.3, 0.4) is 0 Å². The maximum Gasteiger partial charge on any atom is 0.173 e. The van der Waals surface area contributed by atoms with Crippen LogP contribution in [0.2, 0.25) is 5.02 Å². The fraction of sp³-hybridized carbons (Fsp3) is 0.300. The zero-order chi connectivity index (χ0) is 12.4. The first-order valence-electron chi connectivity index (χ1n) is 5.04. The van der Waals surface area contributed by atoms with Crippen LogP contribution in [-0.4, -0.2) is 27.3 Å². The Morgan fingerprint density at radius 3 is 2.88 bits per heavy atom. The average Bonchev–Trinajstić information content (AvgIpc) is 2.77. The Labute approximate surface area is 112 Å². The summed E-state index contributed by atoms with van der Waals surface area (Å²) in [7, 11) is 1.86. The first-order valence-corrected chi connectivity index (χ1v) is 6.21. The minimum Gasteiger partial charge on any atom is -0.311 e. The summed E-state index contributed by atoms with van der Waals surface area (Å²) in [4.78, 5) is 0. The summed E-state index contributed by atoms with van der Waals surface area (Å²) in [6.45, 7) is 1.99. The molecule has 90 valence electrons. The minimum atomic E-state index is 0.0626. The molecule has 0 saturated carbocycles. The maximum absolute atomic E-state index is 5.90. The number of hydrogen-bond acceptors (Lipinski definition) is 4. The molecule has 0 aliphatic carbocycles. The van der Waals surface area contributed by atoms with E-state index in [1.54, 1.807) is 10.7 Å². The van der Waals surface area contributed by atoms with Crippen LogP contribution >= 0.6 is 27.5 Å². The van der Waals surface area contributed by atoms with E-state index in [9.17, 15) is 0 Å². The van der Waals surface area contributed by atoms with Crippen molar-refractivity contribution in [3.8, 4) is 5.69 Å². The fourth-order valence-electron chi connectivity index (χ4n) is 1.42. The van der Waals surface area contributed by atoms with Gasteiger partial charge in [-0.3, -0.25) is 0 Å². The van der Waals surface area contributed by atoms with Gasteiger partial charge in [-0.25, -0.2) is 0 Å². The highest BCUT2D eigenvalue weighted by molar-refractivity contribution is 9.10. The lowest BCUT2D eigenvalue weighted by Gasteiger charge is -2.11. The third-order valence-electron chi connectivity index (χ3n) is 2.45. The molecule has 1 aromatic heterocycles. The van der Waals surface area contributed by atoms with Crippen molar-refractivity contribution in [3.63, 3.8) is 0 Å². The van der Waals surface area contributed by atoms with Gasteiger partial charge in [0.25, 0.3) is 0 Å². The Kier molecular flexibility index (Phi) is 3.76. The van der Waals surface area contributed by atoms with Crippen LogP contribution in [0.15, 0.2) is 22.7 Å². The molecular formula is C10H11BrClN5. The molecule has 2 aromatic rings. The quantitative estimate of drug-likeness (QED) is 0.944. The second-order valence-electron chi connectivity index (χ2n) is 3.55. The Bertz CT molecular complexity index is 527. The monoisotopic (exact) mass is 315 g/mol. The molecule has 1 N–H and O–H groups in total. The first kappa shape index (κ1) is 12.5. The lowest BCUT2D eigenvalue weighted by molar-refractivity contribution is 0.588. The molecule has 0 aliphatic heterocycles. The molecule has 2 rings (SSSR count). The molecule has 1 heterocycles. The van der Waals surface area contributed by atoms with Crippen LogP contribution in [0.4, 0.5) is 0 Å². The molecule has 0 fully saturated rings. The van der Waals surface area contributed by atoms with E-state index in [-0.39, 0.29) is 6.04 Å². The van der Waals surface area contributed by atoms with Gasteiger partial charge < -0.3 is 5.32 Å². The van der Waals surface area contributed by atoms with Gasteiger partial charge in [-0.05, 0) is 58.5 Å². The van der Waals surface area contributed by atoms with E-state index in [0.29, 0.717) is 5.02 Å². The standard InChI is InChI=1S/C10H11BrClN5/c1-6(13-2)10-14-15-16-17(10)9-4-3-7(12)5-8(9)11/h3-6,13H,1-2H3. The second kappa shape index (κ2) is 5.12. The average molecular weight is 317 g/mol. The van der Waals surface area contributed by atoms with Crippen LogP contribution in [0.25, 0.3) is 5.69 Å². The van der Waals surface area contributed by atoms with Gasteiger partial charge in [-0.1, -0.05) is 11.6 Å². The summed E-state index contributed by atoms with van der Waals surface area (Å²) < 4.78 is 2.53. The summed E-state index contributed by atoms with van der Waals surface area (Å²) in [6, 6.07) is 5.55. The third-order valence-corrected chi connectivity index (χ3v) is 3.32. The van der Waals surface area contributed by atoms with Gasteiger partial charge in [0.2, 0.25) is 0 Å². The van der Waals surface area contributed by atoms with Crippen LogP contribution in [-0.2, 0) is 0 Å². The number of halogens is 2. The summed E-state index contributed by atoms with van der Waals surface area (Å²) >= 11 is 9.36. The van der Waals surface area contributed by atoms with Crippen LogP contribution in [0.1, 0.15) is 18.8 Å². The van der Waals surface area contributed by atoms with Crippen LogP contribution < -0.4 is 5.32 Å². The lowest BCUT2D eigenvalue weighted by atomic mass is 10.3. The fourth-order valence-corrected chi connectivity index (χ4v) is 2.27. The Morgan fingerprint density at radius 2 is 2.24 bits per heavy atom. The first-order chi connectivity index (χ1) is 8.13. The Balaban J connectivity index is 2.50. The number of benzene rings is 1. The number of tetrazole rings is 1. The predicted octanol–water partition coefficient (Wildman–Crippen LogP) is 2.36. The smallest absolute Gasteiger partial charge is 0.173 e. The van der Waals surface area contributed by atoms with Gasteiger partial charge in [-0.2, -0.15) is 4.68 Å². The molecule has 7 heteroatoms. The Hall–Kier alpha value is -0.980. The van der Waals surface area contributed by atoms with Gasteiger partial charge in [-0.15, -0.1) is 5.10 Å². The molecule has 1 unspecified atom stereocenters. The molecule has 0 amide bonds. The molecule has 0 bridgehead atoms. The van der Waals surface area contributed by atoms with Gasteiger partial charge in [0.1, 0.15) is 0 Å². The second-order valence-corrected chi connectivity index (χ2v) is 4.85. The minimum absolute atomic E-state index is 0.0626. The van der Waals surface area contributed by atoms with E-state index in [1.807, 2.05) is 26.1 Å². The highest BCUT2D eigenvalue weighted by Gasteiger charge is 2.15. The summed E-state index contributed by atoms with van der Waals surface area (Å²) in [5.74, 6) is 0.746. The molecule has 0 radical (unpaired) electrons. The number of nitrogens with one attached hydrogen (secondary N) is 1. The number of hydrogen-bond donors (Lipinski definition) is 1. The number of nitrogens with zero attached hydrogens (tertiary/aromatic N) is 4. The highest BCUT2D eigenvalue weighted by atomic mass is 79.9. The van der Waals surface area contributed by atoms with E-state index in [4.69, 9.17) is 11.6 Å². The maximum atomic E-state index is 5.90. The van der Waals surface area contributed by atoms with E-state index >= 15 is 0 Å². The van der Waals surface area contributed by atoms with Crippen molar-refractivity contribution in [2.75, 3.05) is 7.05 Å². The van der Waals surface area contributed by atoms with Crippen molar-refractivity contribution in [1.29, 1.82) is 0 Å². The van der Waals surface area contributed by atoms with Crippen molar-refractivity contribution in [3.05, 3.63) is 33.5 Å². The number of aromatic nitrogens is 4. The van der Waals surface area contributed by atoms with Crippen molar-refractivity contribution in [1.82, 2.24) is 25.5 Å². The predicted molar refractivity (Wildman–Crippen MR) is 69.3 cm³/mol. The van der Waals surface area contributed by atoms with Gasteiger partial charge in [0.05, 0.1) is 11.7 Å². The highest BCUT2D eigenvalue weighted by Crippen LogP contribution is 2.25. The third kappa shape index (κ3) is 2.48.